The number of benzene rings is 1. The predicted octanol–water partition coefficient (Wildman–Crippen LogP) is 2.74. The fraction of sp³-hybridized carbons (Fsp3) is 0.304. The summed E-state index contributed by atoms with van der Waals surface area (Å²) in [6.07, 6.45) is 5.85. The molecule has 0 aliphatic carbocycles. The van der Waals surface area contributed by atoms with Gasteiger partial charge in [-0.15, -0.1) is 0 Å². The molecule has 0 bridgehead atoms. The first-order chi connectivity index (χ1) is 15.4. The number of aryl methyl sites for hydroxylation is 3. The summed E-state index contributed by atoms with van der Waals surface area (Å²) < 4.78 is 7.43. The molecule has 4 rings (SSSR count). The second kappa shape index (κ2) is 8.70. The molecule has 9 heteroatoms. The lowest BCUT2D eigenvalue weighted by Gasteiger charge is -2.26. The van der Waals surface area contributed by atoms with Gasteiger partial charge in [0.05, 0.1) is 36.3 Å². The van der Waals surface area contributed by atoms with Crippen molar-refractivity contribution in [2.75, 3.05) is 13.7 Å². The number of nitrogens with one attached hydrogen (secondary N) is 1. The molecule has 1 aliphatic heterocycles. The Balaban J connectivity index is 1.80. The van der Waals surface area contributed by atoms with E-state index in [0.29, 0.717) is 47.8 Å². The van der Waals surface area contributed by atoms with E-state index in [9.17, 15) is 14.7 Å². The number of carbonyl (C=O) groups excluding carboxylic acids is 2. The van der Waals surface area contributed by atoms with Gasteiger partial charge in [0.2, 0.25) is 0 Å². The van der Waals surface area contributed by atoms with Crippen molar-refractivity contribution < 1.29 is 19.4 Å². The second-order valence-electron chi connectivity index (χ2n) is 7.70. The number of rotatable bonds is 7. The zero-order chi connectivity index (χ0) is 22.8. The summed E-state index contributed by atoms with van der Waals surface area (Å²) >= 11 is 0. The van der Waals surface area contributed by atoms with Crippen LogP contribution >= 0.6 is 0 Å². The highest BCUT2D eigenvalue weighted by Crippen LogP contribution is 2.43. The van der Waals surface area contributed by atoms with Crippen LogP contribution in [0.1, 0.15) is 35.0 Å². The Bertz CT molecular complexity index is 1160. The third-order valence-corrected chi connectivity index (χ3v) is 5.71. The molecule has 2 aromatic heterocycles. The third kappa shape index (κ3) is 3.66. The number of aliphatic hydroxyl groups excluding tert-OH is 1. The zero-order valence-corrected chi connectivity index (χ0v) is 18.2. The van der Waals surface area contributed by atoms with Crippen molar-refractivity contribution in [3.05, 3.63) is 71.1 Å². The van der Waals surface area contributed by atoms with Crippen LogP contribution in [0.3, 0.4) is 0 Å². The highest BCUT2D eigenvalue weighted by molar-refractivity contribution is 6.46. The number of nitrogens with zero attached hydrogens (tertiary/aromatic N) is 4. The summed E-state index contributed by atoms with van der Waals surface area (Å²) in [5, 5.41) is 18.2. The molecule has 3 aromatic rings. The van der Waals surface area contributed by atoms with Gasteiger partial charge in [-0.3, -0.25) is 14.7 Å². The fourth-order valence-corrected chi connectivity index (χ4v) is 4.20. The minimum Gasteiger partial charge on any atom is -0.507 e. The van der Waals surface area contributed by atoms with Crippen LogP contribution in [-0.2, 0) is 16.1 Å². The fourth-order valence-electron chi connectivity index (χ4n) is 4.20. The Hall–Kier alpha value is -3.88. The van der Waals surface area contributed by atoms with Crippen LogP contribution in [-0.4, -0.2) is 55.1 Å². The Morgan fingerprint density at radius 3 is 2.66 bits per heavy atom. The molecule has 32 heavy (non-hydrogen) atoms. The van der Waals surface area contributed by atoms with Crippen LogP contribution in [0.25, 0.3) is 5.76 Å². The number of para-hydroxylation sites is 1. The van der Waals surface area contributed by atoms with Crippen LogP contribution in [0.5, 0.6) is 5.75 Å². The van der Waals surface area contributed by atoms with Gasteiger partial charge >= 0.3 is 0 Å². The number of Topliss-reactive ketones (excluding diaryl/α,β-unsaturated/α-hetero) is 1. The van der Waals surface area contributed by atoms with Crippen molar-refractivity contribution in [2.24, 2.45) is 0 Å². The van der Waals surface area contributed by atoms with Gasteiger partial charge in [0, 0.05) is 36.7 Å². The van der Waals surface area contributed by atoms with E-state index in [4.69, 9.17) is 4.74 Å². The van der Waals surface area contributed by atoms with E-state index in [0.717, 1.165) is 0 Å². The number of amides is 1. The molecule has 0 saturated carbocycles. The predicted molar refractivity (Wildman–Crippen MR) is 117 cm³/mol. The zero-order valence-electron chi connectivity index (χ0n) is 18.2. The smallest absolute Gasteiger partial charge is 0.295 e. The molecule has 0 spiro atoms. The van der Waals surface area contributed by atoms with Crippen molar-refractivity contribution in [3.8, 4) is 5.75 Å². The second-order valence-corrected chi connectivity index (χ2v) is 7.70. The molecule has 9 nitrogen and oxygen atoms in total. The third-order valence-electron chi connectivity index (χ3n) is 5.71. The lowest BCUT2D eigenvalue weighted by Crippen LogP contribution is -2.31. The Labute approximate surface area is 185 Å². The minimum absolute atomic E-state index is 0.0368. The van der Waals surface area contributed by atoms with Crippen molar-refractivity contribution >= 4 is 17.4 Å². The summed E-state index contributed by atoms with van der Waals surface area (Å²) in [5.41, 5.74) is 2.27. The van der Waals surface area contributed by atoms with E-state index >= 15 is 0 Å². The number of imidazole rings is 1. The number of H-pyrrole nitrogens is 1. The van der Waals surface area contributed by atoms with Gasteiger partial charge < -0.3 is 19.3 Å². The molecule has 1 aromatic carbocycles. The van der Waals surface area contributed by atoms with Gasteiger partial charge in [-0.2, -0.15) is 5.10 Å². The summed E-state index contributed by atoms with van der Waals surface area (Å²) in [6, 6.07) is 6.44. The number of aliphatic hydroxyl groups is 1. The molecule has 1 atom stereocenters. The standard InChI is InChI=1S/C23H25N5O4/c1-14-18(15(2)26-25-14)21(29)19-20(16-7-4-5-8-17(16)32-3)28(23(31)22(19)30)11-6-10-27-12-9-24-13-27/h4-5,7-9,12-13,20,29H,6,10-11H2,1-3H3,(H,25,26)/b21-19+/t20-/m1/s1. The van der Waals surface area contributed by atoms with Crippen LogP contribution in [0.4, 0.5) is 0 Å². The maximum Gasteiger partial charge on any atom is 0.295 e. The maximum atomic E-state index is 13.2. The number of likely N-dealkylation sites (tertiary alicyclic amines) is 1. The van der Waals surface area contributed by atoms with E-state index in [2.05, 4.69) is 15.2 Å². The van der Waals surface area contributed by atoms with Gasteiger partial charge in [0.25, 0.3) is 11.7 Å². The molecule has 1 fully saturated rings. The van der Waals surface area contributed by atoms with Crippen molar-refractivity contribution in [3.63, 3.8) is 0 Å². The van der Waals surface area contributed by atoms with E-state index < -0.39 is 17.7 Å². The normalized spacial score (nSPS) is 17.8. The van der Waals surface area contributed by atoms with Gasteiger partial charge in [-0.1, -0.05) is 18.2 Å². The lowest BCUT2D eigenvalue weighted by molar-refractivity contribution is -0.140. The summed E-state index contributed by atoms with van der Waals surface area (Å²) in [6.45, 7) is 4.46. The van der Waals surface area contributed by atoms with Gasteiger partial charge in [-0.05, 0) is 26.3 Å². The molecular weight excluding hydrogens is 410 g/mol. The van der Waals surface area contributed by atoms with Gasteiger partial charge in [0.15, 0.2) is 0 Å². The van der Waals surface area contributed by atoms with Crippen LogP contribution in [0.2, 0.25) is 0 Å². The monoisotopic (exact) mass is 435 g/mol. The minimum atomic E-state index is -0.775. The highest BCUT2D eigenvalue weighted by Gasteiger charge is 2.47. The van der Waals surface area contributed by atoms with E-state index in [-0.39, 0.29) is 11.3 Å². The van der Waals surface area contributed by atoms with Gasteiger partial charge in [-0.25, -0.2) is 4.98 Å². The molecule has 3 heterocycles. The number of hydrogen-bond acceptors (Lipinski definition) is 6. The van der Waals surface area contributed by atoms with Crippen LogP contribution < -0.4 is 4.74 Å². The van der Waals surface area contributed by atoms with Crippen molar-refractivity contribution in [1.29, 1.82) is 0 Å². The first-order valence-corrected chi connectivity index (χ1v) is 10.3. The first-order valence-electron chi connectivity index (χ1n) is 10.3. The molecule has 166 valence electrons. The molecular formula is C23H25N5O4. The Kier molecular flexibility index (Phi) is 5.81. The van der Waals surface area contributed by atoms with Gasteiger partial charge in [0.1, 0.15) is 11.5 Å². The first kappa shape index (κ1) is 21.4. The Morgan fingerprint density at radius 2 is 2.00 bits per heavy atom. The van der Waals surface area contributed by atoms with E-state index in [1.807, 2.05) is 22.9 Å². The molecule has 0 radical (unpaired) electrons. The average Bonchev–Trinajstić information content (AvgIpc) is 3.49. The topological polar surface area (TPSA) is 113 Å². The Morgan fingerprint density at radius 1 is 1.22 bits per heavy atom. The highest BCUT2D eigenvalue weighted by atomic mass is 16.5. The number of ether oxygens (including phenoxy) is 1. The molecule has 0 unspecified atom stereocenters. The number of hydrogen-bond donors (Lipinski definition) is 2. The van der Waals surface area contributed by atoms with Crippen LogP contribution in [0, 0.1) is 13.8 Å². The van der Waals surface area contributed by atoms with Crippen molar-refractivity contribution in [1.82, 2.24) is 24.6 Å². The number of methoxy groups -OCH3 is 1. The van der Waals surface area contributed by atoms with Crippen LogP contribution in [0.15, 0.2) is 48.6 Å². The molecule has 1 amide bonds. The van der Waals surface area contributed by atoms with E-state index in [1.54, 1.807) is 38.5 Å². The molecule has 1 saturated heterocycles. The quantitative estimate of drug-likeness (QED) is 0.335. The summed E-state index contributed by atoms with van der Waals surface area (Å²) in [5.74, 6) is -1.07. The number of carbonyl (C=O) groups is 2. The SMILES string of the molecule is COc1ccccc1[C@@H]1/C(=C(\O)c2c(C)n[nH]c2C)C(=O)C(=O)N1CCCn1ccnc1. The molecule has 2 N–H and O–H groups in total. The number of aromatic amines is 1. The van der Waals surface area contributed by atoms with E-state index in [1.165, 1.54) is 12.0 Å². The average molecular weight is 435 g/mol. The number of aromatic nitrogens is 4. The molecule has 1 aliphatic rings. The number of ketones is 1. The summed E-state index contributed by atoms with van der Waals surface area (Å²) in [7, 11) is 1.54. The van der Waals surface area contributed by atoms with Crippen molar-refractivity contribution in [2.45, 2.75) is 32.9 Å². The summed E-state index contributed by atoms with van der Waals surface area (Å²) in [4.78, 5) is 31.8. The largest absolute Gasteiger partial charge is 0.507 e. The lowest BCUT2D eigenvalue weighted by atomic mass is 9.94. The maximum absolute atomic E-state index is 13.2.